The Kier molecular flexibility index (Phi) is 4.73. The Bertz CT molecular complexity index is 1030. The van der Waals surface area contributed by atoms with Gasteiger partial charge in [0, 0.05) is 17.9 Å². The van der Waals surface area contributed by atoms with Crippen LogP contribution in [0.2, 0.25) is 0 Å². The van der Waals surface area contributed by atoms with Crippen LogP contribution >= 0.6 is 0 Å². The van der Waals surface area contributed by atoms with Crippen LogP contribution in [-0.2, 0) is 11.3 Å². The lowest BCUT2D eigenvalue weighted by Gasteiger charge is -2.19. The summed E-state index contributed by atoms with van der Waals surface area (Å²) in [5.41, 5.74) is 8.39. The molecule has 1 aliphatic rings. The van der Waals surface area contributed by atoms with Crippen LogP contribution in [0.1, 0.15) is 5.56 Å². The maximum absolute atomic E-state index is 14.2. The molecule has 0 saturated carbocycles. The molecular weight excluding hydrogens is 363 g/mol. The number of benzene rings is 2. The van der Waals surface area contributed by atoms with E-state index in [0.29, 0.717) is 23.7 Å². The van der Waals surface area contributed by atoms with E-state index in [1.54, 1.807) is 18.2 Å². The summed E-state index contributed by atoms with van der Waals surface area (Å²) >= 11 is 0. The van der Waals surface area contributed by atoms with Crippen molar-refractivity contribution in [1.82, 2.24) is 9.97 Å². The number of hydrogen-bond donors (Lipinski definition) is 4. The summed E-state index contributed by atoms with van der Waals surface area (Å²) in [5, 5.41) is 8.61. The first-order valence-corrected chi connectivity index (χ1v) is 8.53. The van der Waals surface area contributed by atoms with Gasteiger partial charge in [0.05, 0.1) is 11.9 Å². The number of aromatic nitrogens is 2. The number of amides is 1. The van der Waals surface area contributed by atoms with Gasteiger partial charge in [-0.2, -0.15) is 4.98 Å². The quantitative estimate of drug-likeness (QED) is 0.538. The number of ether oxygens (including phenoxy) is 1. The first-order chi connectivity index (χ1) is 13.6. The van der Waals surface area contributed by atoms with Gasteiger partial charge >= 0.3 is 0 Å². The third-order valence-corrected chi connectivity index (χ3v) is 4.07. The zero-order chi connectivity index (χ0) is 19.5. The maximum Gasteiger partial charge on any atom is 0.262 e. The highest BCUT2D eigenvalue weighted by molar-refractivity contribution is 5.96. The minimum Gasteiger partial charge on any atom is -0.482 e. The normalized spacial score (nSPS) is 12.6. The van der Waals surface area contributed by atoms with Crippen LogP contribution in [0.25, 0.3) is 0 Å². The fourth-order valence-electron chi connectivity index (χ4n) is 2.67. The van der Waals surface area contributed by atoms with E-state index < -0.39 is 5.82 Å². The summed E-state index contributed by atoms with van der Waals surface area (Å²) < 4.78 is 19.5. The molecule has 0 aliphatic carbocycles. The number of carbonyl (C=O) groups is 1. The van der Waals surface area contributed by atoms with Gasteiger partial charge < -0.3 is 26.4 Å². The SMILES string of the molecule is NCc1ccc(Nc2ncc(F)c(Nc3ccc4c(c3)NC(=O)CO4)n2)cc1. The number of nitrogens with zero attached hydrogens (tertiary/aromatic N) is 2. The van der Waals surface area contributed by atoms with Crippen molar-refractivity contribution >= 4 is 34.7 Å². The monoisotopic (exact) mass is 380 g/mol. The van der Waals surface area contributed by atoms with E-state index in [1.165, 1.54) is 0 Å². The fourth-order valence-corrected chi connectivity index (χ4v) is 2.67. The lowest BCUT2D eigenvalue weighted by molar-refractivity contribution is -0.118. The second kappa shape index (κ2) is 7.49. The Balaban J connectivity index is 1.54. The smallest absolute Gasteiger partial charge is 0.262 e. The van der Waals surface area contributed by atoms with Gasteiger partial charge in [-0.3, -0.25) is 4.79 Å². The average molecular weight is 380 g/mol. The predicted octanol–water partition coefficient (Wildman–Crippen LogP) is 2.89. The summed E-state index contributed by atoms with van der Waals surface area (Å²) in [6.45, 7) is 0.426. The highest BCUT2D eigenvalue weighted by atomic mass is 19.1. The van der Waals surface area contributed by atoms with Crippen molar-refractivity contribution in [1.29, 1.82) is 0 Å². The molecule has 0 bridgehead atoms. The summed E-state index contributed by atoms with van der Waals surface area (Å²) in [5.74, 6) is -0.0679. The van der Waals surface area contributed by atoms with E-state index in [1.807, 2.05) is 24.3 Å². The van der Waals surface area contributed by atoms with Gasteiger partial charge in [-0.05, 0) is 35.9 Å². The van der Waals surface area contributed by atoms with Crippen LogP contribution in [0.5, 0.6) is 5.75 Å². The van der Waals surface area contributed by atoms with Crippen molar-refractivity contribution in [2.75, 3.05) is 22.6 Å². The van der Waals surface area contributed by atoms with Gasteiger partial charge in [0.1, 0.15) is 5.75 Å². The Hall–Kier alpha value is -3.72. The second-order valence-corrected chi connectivity index (χ2v) is 6.09. The van der Waals surface area contributed by atoms with Gasteiger partial charge in [-0.1, -0.05) is 12.1 Å². The second-order valence-electron chi connectivity index (χ2n) is 6.09. The van der Waals surface area contributed by atoms with Crippen LogP contribution < -0.4 is 26.4 Å². The molecule has 1 aromatic heterocycles. The molecule has 1 aliphatic heterocycles. The number of fused-ring (bicyclic) bond motifs is 1. The molecule has 9 heteroatoms. The fraction of sp³-hybridized carbons (Fsp3) is 0.105. The Labute approximate surface area is 160 Å². The predicted molar refractivity (Wildman–Crippen MR) is 103 cm³/mol. The van der Waals surface area contributed by atoms with Crippen molar-refractivity contribution in [3.63, 3.8) is 0 Å². The minimum absolute atomic E-state index is 0.000849. The average Bonchev–Trinajstić information content (AvgIpc) is 2.71. The van der Waals surface area contributed by atoms with Crippen molar-refractivity contribution in [3.8, 4) is 5.75 Å². The van der Waals surface area contributed by atoms with Crippen LogP contribution in [-0.4, -0.2) is 22.5 Å². The highest BCUT2D eigenvalue weighted by Gasteiger charge is 2.16. The van der Waals surface area contributed by atoms with Crippen molar-refractivity contribution in [3.05, 3.63) is 60.0 Å². The van der Waals surface area contributed by atoms with E-state index in [0.717, 1.165) is 17.4 Å². The molecule has 5 N–H and O–H groups in total. The van der Waals surface area contributed by atoms with Gasteiger partial charge in [-0.15, -0.1) is 0 Å². The van der Waals surface area contributed by atoms with Crippen molar-refractivity contribution < 1.29 is 13.9 Å². The van der Waals surface area contributed by atoms with Crippen LogP contribution in [0.3, 0.4) is 0 Å². The van der Waals surface area contributed by atoms with Crippen LogP contribution in [0.15, 0.2) is 48.7 Å². The molecule has 2 aromatic carbocycles. The third-order valence-electron chi connectivity index (χ3n) is 4.07. The molecule has 0 unspecified atom stereocenters. The largest absolute Gasteiger partial charge is 0.482 e. The number of nitrogens with two attached hydrogens (primary N) is 1. The molecule has 0 radical (unpaired) electrons. The summed E-state index contributed by atoms with van der Waals surface area (Å²) in [6, 6.07) is 12.5. The zero-order valence-corrected chi connectivity index (χ0v) is 14.7. The summed E-state index contributed by atoms with van der Waals surface area (Å²) in [6.07, 6.45) is 1.08. The number of nitrogens with one attached hydrogen (secondary N) is 3. The van der Waals surface area contributed by atoms with E-state index in [4.69, 9.17) is 10.5 Å². The molecule has 0 spiro atoms. The molecule has 8 nitrogen and oxygen atoms in total. The topological polar surface area (TPSA) is 114 Å². The first-order valence-electron chi connectivity index (χ1n) is 8.53. The van der Waals surface area contributed by atoms with Gasteiger partial charge in [-0.25, -0.2) is 9.37 Å². The molecule has 28 heavy (non-hydrogen) atoms. The summed E-state index contributed by atoms with van der Waals surface area (Å²) in [7, 11) is 0. The highest BCUT2D eigenvalue weighted by Crippen LogP contribution is 2.31. The Morgan fingerprint density at radius 2 is 1.93 bits per heavy atom. The number of hydrogen-bond acceptors (Lipinski definition) is 7. The van der Waals surface area contributed by atoms with Crippen molar-refractivity contribution in [2.45, 2.75) is 6.54 Å². The van der Waals surface area contributed by atoms with Gasteiger partial charge in [0.2, 0.25) is 5.95 Å². The maximum atomic E-state index is 14.2. The lowest BCUT2D eigenvalue weighted by Crippen LogP contribution is -2.25. The molecule has 3 aromatic rings. The molecule has 1 amide bonds. The standard InChI is InChI=1S/C19H17FN6O2/c20-14-9-22-19(24-12-3-1-11(8-21)2-4-12)26-18(14)23-13-5-6-16-15(7-13)25-17(27)10-28-16/h1-7,9H,8,10,21H2,(H,25,27)(H2,22,23,24,26). The minimum atomic E-state index is -0.609. The van der Waals surface area contributed by atoms with Gasteiger partial charge in [0.15, 0.2) is 18.2 Å². The molecule has 0 fully saturated rings. The van der Waals surface area contributed by atoms with Crippen molar-refractivity contribution in [2.24, 2.45) is 5.73 Å². The molecule has 0 saturated heterocycles. The summed E-state index contributed by atoms with van der Waals surface area (Å²) in [4.78, 5) is 19.6. The lowest BCUT2D eigenvalue weighted by atomic mass is 10.2. The molecular formula is C19H17FN6O2. The van der Waals surface area contributed by atoms with Crippen LogP contribution in [0, 0.1) is 5.82 Å². The van der Waals surface area contributed by atoms with E-state index in [-0.39, 0.29) is 24.3 Å². The number of halogens is 1. The van der Waals surface area contributed by atoms with Crippen LogP contribution in [0.4, 0.5) is 33.2 Å². The molecule has 0 atom stereocenters. The third kappa shape index (κ3) is 3.84. The number of anilines is 5. The van der Waals surface area contributed by atoms with E-state index in [2.05, 4.69) is 25.9 Å². The zero-order valence-electron chi connectivity index (χ0n) is 14.7. The molecule has 4 rings (SSSR count). The molecule has 142 valence electrons. The Morgan fingerprint density at radius 1 is 1.14 bits per heavy atom. The number of rotatable bonds is 5. The van der Waals surface area contributed by atoms with E-state index >= 15 is 0 Å². The number of carbonyl (C=O) groups excluding carboxylic acids is 1. The van der Waals surface area contributed by atoms with Gasteiger partial charge in [0.25, 0.3) is 5.91 Å². The molecule has 2 heterocycles. The van der Waals surface area contributed by atoms with E-state index in [9.17, 15) is 9.18 Å². The first kappa shape index (κ1) is 17.7. The Morgan fingerprint density at radius 3 is 2.71 bits per heavy atom.